The molecule has 0 fully saturated rings. The van der Waals surface area contributed by atoms with Crippen LogP contribution in [0.15, 0.2) is 12.3 Å². The van der Waals surface area contributed by atoms with Crippen molar-refractivity contribution in [1.82, 2.24) is 14.6 Å². The van der Waals surface area contributed by atoms with Crippen molar-refractivity contribution in [1.29, 1.82) is 0 Å². The average Bonchev–Trinajstić information content (AvgIpc) is 2.83. The van der Waals surface area contributed by atoms with Gasteiger partial charge in [-0.15, -0.1) is 5.10 Å². The highest BCUT2D eigenvalue weighted by Crippen LogP contribution is 2.16. The number of carbonyl (C=O) groups is 1. The fourth-order valence-electron chi connectivity index (χ4n) is 1.83. The number of carbonyl (C=O) groups excluding carboxylic acids is 1. The van der Waals surface area contributed by atoms with Gasteiger partial charge in [-0.25, -0.2) is 14.3 Å². The third kappa shape index (κ3) is 2.89. The Morgan fingerprint density at radius 1 is 1.40 bits per heavy atom. The monoisotopic (exact) mass is 277 g/mol. The highest BCUT2D eigenvalue weighted by Gasteiger charge is 2.15. The van der Waals surface area contributed by atoms with Gasteiger partial charge < -0.3 is 9.47 Å². The lowest BCUT2D eigenvalue weighted by atomic mass is 10.2. The van der Waals surface area contributed by atoms with E-state index in [4.69, 9.17) is 9.47 Å². The highest BCUT2D eigenvalue weighted by molar-refractivity contribution is 5.90. The number of hydrogen-bond donors (Lipinski definition) is 0. The van der Waals surface area contributed by atoms with E-state index in [-0.39, 0.29) is 5.97 Å². The molecule has 2 aromatic rings. The first-order valence-corrected chi connectivity index (χ1v) is 6.82. The predicted octanol–water partition coefficient (Wildman–Crippen LogP) is 2.39. The average molecular weight is 277 g/mol. The van der Waals surface area contributed by atoms with Gasteiger partial charge in [-0.2, -0.15) is 0 Å². The van der Waals surface area contributed by atoms with Gasteiger partial charge in [0.2, 0.25) is 5.88 Å². The Bertz CT molecular complexity index is 607. The smallest absolute Gasteiger partial charge is 0.341 e. The molecule has 0 unspecified atom stereocenters. The summed E-state index contributed by atoms with van der Waals surface area (Å²) in [6.07, 6.45) is 3.56. The van der Waals surface area contributed by atoms with E-state index in [1.165, 1.54) is 6.20 Å². The van der Waals surface area contributed by atoms with Crippen molar-refractivity contribution < 1.29 is 14.3 Å². The van der Waals surface area contributed by atoms with E-state index in [0.717, 1.165) is 12.8 Å². The molecule has 0 N–H and O–H groups in total. The maximum absolute atomic E-state index is 11.8. The molecule has 2 heterocycles. The van der Waals surface area contributed by atoms with Gasteiger partial charge in [-0.1, -0.05) is 13.3 Å². The largest absolute Gasteiger partial charge is 0.477 e. The number of hydrogen-bond acceptors (Lipinski definition) is 5. The minimum atomic E-state index is -0.386. The highest BCUT2D eigenvalue weighted by atomic mass is 16.5. The van der Waals surface area contributed by atoms with Gasteiger partial charge in [0.15, 0.2) is 5.65 Å². The van der Waals surface area contributed by atoms with Crippen molar-refractivity contribution >= 4 is 11.6 Å². The molecule has 2 rings (SSSR count). The van der Waals surface area contributed by atoms with Crippen LogP contribution in [0.2, 0.25) is 0 Å². The summed E-state index contributed by atoms with van der Waals surface area (Å²) in [5.41, 5.74) is 1.77. The zero-order valence-electron chi connectivity index (χ0n) is 12.0. The van der Waals surface area contributed by atoms with Crippen molar-refractivity contribution in [2.45, 2.75) is 33.6 Å². The lowest BCUT2D eigenvalue weighted by Crippen LogP contribution is -2.11. The second kappa shape index (κ2) is 6.36. The molecule has 0 bridgehead atoms. The minimum absolute atomic E-state index is 0.334. The van der Waals surface area contributed by atoms with E-state index in [1.54, 1.807) is 17.5 Å². The van der Waals surface area contributed by atoms with Crippen LogP contribution in [-0.4, -0.2) is 33.8 Å². The maximum atomic E-state index is 11.8. The summed E-state index contributed by atoms with van der Waals surface area (Å²) in [6, 6.07) is 1.76. The molecule has 6 heteroatoms. The third-order valence-electron chi connectivity index (χ3n) is 2.94. The van der Waals surface area contributed by atoms with Crippen LogP contribution in [0.4, 0.5) is 0 Å². The summed E-state index contributed by atoms with van der Waals surface area (Å²) < 4.78 is 12.1. The Morgan fingerprint density at radius 2 is 2.20 bits per heavy atom. The molecule has 0 spiro atoms. The number of esters is 1. The number of unbranched alkanes of at least 4 members (excludes halogenated alkanes) is 1. The molecule has 2 aromatic heterocycles. The van der Waals surface area contributed by atoms with E-state index in [2.05, 4.69) is 17.0 Å². The minimum Gasteiger partial charge on any atom is -0.477 e. The zero-order chi connectivity index (χ0) is 14.5. The molecule has 0 amide bonds. The quantitative estimate of drug-likeness (QED) is 0.599. The summed E-state index contributed by atoms with van der Waals surface area (Å²) in [4.78, 5) is 16.0. The van der Waals surface area contributed by atoms with Crippen molar-refractivity contribution in [2.75, 3.05) is 13.2 Å². The van der Waals surface area contributed by atoms with E-state index in [9.17, 15) is 4.79 Å². The first kappa shape index (κ1) is 14.3. The van der Waals surface area contributed by atoms with Crippen LogP contribution in [0.5, 0.6) is 5.88 Å². The maximum Gasteiger partial charge on any atom is 0.341 e. The predicted molar refractivity (Wildman–Crippen MR) is 74.1 cm³/mol. The summed E-state index contributed by atoms with van der Waals surface area (Å²) in [6.45, 7) is 6.64. The van der Waals surface area contributed by atoms with Gasteiger partial charge in [-0.05, 0) is 20.3 Å². The summed E-state index contributed by atoms with van der Waals surface area (Å²) >= 11 is 0. The molecule has 20 heavy (non-hydrogen) atoms. The zero-order valence-corrected chi connectivity index (χ0v) is 12.0. The Hall–Kier alpha value is -2.11. The van der Waals surface area contributed by atoms with Crippen molar-refractivity contribution in [3.63, 3.8) is 0 Å². The standard InChI is InChI=1S/C14H19N3O3/c1-4-6-7-20-13-8-12-15-9-11(14(18)19-5-2)10(3)17(12)16-13/h8-9H,4-7H2,1-3H3. The second-order valence-electron chi connectivity index (χ2n) is 4.43. The molecule has 0 aliphatic rings. The van der Waals surface area contributed by atoms with Crippen molar-refractivity contribution in [3.8, 4) is 5.88 Å². The number of ether oxygens (including phenoxy) is 2. The number of nitrogens with zero attached hydrogens (tertiary/aromatic N) is 3. The third-order valence-corrected chi connectivity index (χ3v) is 2.94. The van der Waals surface area contributed by atoms with Crippen LogP contribution in [0, 0.1) is 6.92 Å². The number of rotatable bonds is 6. The van der Waals surface area contributed by atoms with Gasteiger partial charge >= 0.3 is 5.97 Å². The lowest BCUT2D eigenvalue weighted by Gasteiger charge is -2.05. The molecule has 0 atom stereocenters. The summed E-state index contributed by atoms with van der Waals surface area (Å²) in [5, 5.41) is 4.31. The van der Waals surface area contributed by atoms with E-state index in [1.807, 2.05) is 6.92 Å². The van der Waals surface area contributed by atoms with Gasteiger partial charge in [0.1, 0.15) is 0 Å². The first-order chi connectivity index (χ1) is 9.67. The van der Waals surface area contributed by atoms with Crippen LogP contribution in [0.3, 0.4) is 0 Å². The molecule has 0 aliphatic carbocycles. The van der Waals surface area contributed by atoms with Crippen LogP contribution < -0.4 is 4.74 Å². The fraction of sp³-hybridized carbons (Fsp3) is 0.500. The normalized spacial score (nSPS) is 10.8. The molecule has 6 nitrogen and oxygen atoms in total. The SMILES string of the molecule is CCCCOc1cc2ncc(C(=O)OCC)c(C)n2n1. The topological polar surface area (TPSA) is 65.7 Å². The van der Waals surface area contributed by atoms with Crippen molar-refractivity contribution in [2.24, 2.45) is 0 Å². The lowest BCUT2D eigenvalue weighted by molar-refractivity contribution is 0.0524. The molecule has 0 saturated heterocycles. The van der Waals surface area contributed by atoms with Gasteiger partial charge in [0, 0.05) is 12.3 Å². The summed E-state index contributed by atoms with van der Waals surface area (Å²) in [5.74, 6) is 0.137. The molecule has 0 aliphatic heterocycles. The number of aromatic nitrogens is 3. The van der Waals surface area contributed by atoms with E-state index < -0.39 is 0 Å². The molecule has 0 radical (unpaired) electrons. The van der Waals surface area contributed by atoms with Crippen molar-refractivity contribution in [3.05, 3.63) is 23.5 Å². The Morgan fingerprint density at radius 3 is 2.90 bits per heavy atom. The van der Waals surface area contributed by atoms with Crippen LogP contribution in [0.1, 0.15) is 42.7 Å². The molecule has 0 saturated carbocycles. The fourth-order valence-corrected chi connectivity index (χ4v) is 1.83. The first-order valence-electron chi connectivity index (χ1n) is 6.82. The molecular weight excluding hydrogens is 258 g/mol. The van der Waals surface area contributed by atoms with Crippen LogP contribution in [0.25, 0.3) is 5.65 Å². The Kier molecular flexibility index (Phi) is 4.55. The number of aryl methyl sites for hydroxylation is 1. The van der Waals surface area contributed by atoms with Gasteiger partial charge in [0.25, 0.3) is 0 Å². The van der Waals surface area contributed by atoms with Gasteiger partial charge in [0.05, 0.1) is 24.5 Å². The van der Waals surface area contributed by atoms with Crippen LogP contribution in [-0.2, 0) is 4.74 Å². The van der Waals surface area contributed by atoms with E-state index >= 15 is 0 Å². The van der Waals surface area contributed by atoms with Crippen LogP contribution >= 0.6 is 0 Å². The Labute approximate surface area is 117 Å². The molecule has 0 aromatic carbocycles. The van der Waals surface area contributed by atoms with E-state index in [0.29, 0.717) is 36.0 Å². The molecule has 108 valence electrons. The molecular formula is C14H19N3O3. The second-order valence-corrected chi connectivity index (χ2v) is 4.43. The Balaban J connectivity index is 2.28. The van der Waals surface area contributed by atoms with Gasteiger partial charge in [-0.3, -0.25) is 0 Å². The number of fused-ring (bicyclic) bond motifs is 1. The summed E-state index contributed by atoms with van der Waals surface area (Å²) in [7, 11) is 0.